The average Bonchev–Trinajstić information content (AvgIpc) is 2.99. The summed E-state index contributed by atoms with van der Waals surface area (Å²) in [4.78, 5) is 26.1. The van der Waals surface area contributed by atoms with Gasteiger partial charge in [-0.25, -0.2) is 4.68 Å². The molecule has 2 rings (SSSR count). The number of nitrogens with one attached hydrogen (secondary N) is 1. The predicted octanol–water partition coefficient (Wildman–Crippen LogP) is 2.33. The minimum absolute atomic E-state index is 0.130. The number of amides is 1. The Labute approximate surface area is 171 Å². The van der Waals surface area contributed by atoms with Crippen LogP contribution < -0.4 is 5.32 Å². The highest BCUT2D eigenvalue weighted by molar-refractivity contribution is 5.92. The maximum Gasteiger partial charge on any atom is 0.320 e. The Kier molecular flexibility index (Phi) is 8.82. The number of hydrogen-bond donors (Lipinski definition) is 1. The zero-order chi connectivity index (χ0) is 21.2. The number of carbonyl (C=O) groups excluding carboxylic acids is 2. The highest BCUT2D eigenvalue weighted by atomic mass is 16.5. The van der Waals surface area contributed by atoms with Crippen molar-refractivity contribution in [2.75, 3.05) is 45.3 Å². The van der Waals surface area contributed by atoms with Crippen LogP contribution in [0.15, 0.2) is 30.3 Å². The minimum Gasteiger partial charge on any atom is -0.465 e. The van der Waals surface area contributed by atoms with Gasteiger partial charge in [0.1, 0.15) is 0 Å². The smallest absolute Gasteiger partial charge is 0.320 e. The molecule has 0 aliphatic rings. The molecule has 0 fully saturated rings. The number of methoxy groups -OCH3 is 1. The van der Waals surface area contributed by atoms with E-state index in [2.05, 4.69) is 10.4 Å². The molecule has 0 atom stereocenters. The third-order valence-corrected chi connectivity index (χ3v) is 4.48. The van der Waals surface area contributed by atoms with Crippen LogP contribution in [0.4, 0.5) is 5.69 Å². The van der Waals surface area contributed by atoms with Crippen molar-refractivity contribution in [1.29, 1.82) is 0 Å². The molecule has 1 N–H and O–H groups in total. The van der Waals surface area contributed by atoms with Gasteiger partial charge >= 0.3 is 5.97 Å². The molecule has 158 valence electrons. The molecule has 0 radical (unpaired) electrons. The number of rotatable bonds is 11. The number of aromatic nitrogens is 2. The predicted molar refractivity (Wildman–Crippen MR) is 111 cm³/mol. The van der Waals surface area contributed by atoms with Crippen LogP contribution in [-0.4, -0.2) is 66.5 Å². The second-order valence-electron chi connectivity index (χ2n) is 6.67. The standard InChI is InChI=1S/C21H30N4O4/c1-5-29-20(27)15-24(13-14-28-4)12-11-19(26)22-21-16(2)23-25(17(21)3)18-9-7-6-8-10-18/h6-10H,5,11-15H2,1-4H3,(H,22,26). The van der Waals surface area contributed by atoms with E-state index in [4.69, 9.17) is 9.47 Å². The molecular formula is C21H30N4O4. The summed E-state index contributed by atoms with van der Waals surface area (Å²) in [6, 6.07) is 9.77. The lowest BCUT2D eigenvalue weighted by Gasteiger charge is -2.20. The van der Waals surface area contributed by atoms with Gasteiger partial charge in [0.15, 0.2) is 0 Å². The van der Waals surface area contributed by atoms with E-state index < -0.39 is 0 Å². The summed E-state index contributed by atoms with van der Waals surface area (Å²) in [7, 11) is 1.60. The molecular weight excluding hydrogens is 372 g/mol. The van der Waals surface area contributed by atoms with Crippen LogP contribution in [-0.2, 0) is 19.1 Å². The second kappa shape index (κ2) is 11.3. The van der Waals surface area contributed by atoms with E-state index in [1.807, 2.05) is 53.8 Å². The number of para-hydroxylation sites is 1. The maximum absolute atomic E-state index is 12.5. The topological polar surface area (TPSA) is 85.7 Å². The lowest BCUT2D eigenvalue weighted by atomic mass is 10.2. The quantitative estimate of drug-likeness (QED) is 0.581. The Morgan fingerprint density at radius 3 is 2.55 bits per heavy atom. The third kappa shape index (κ3) is 6.69. The SMILES string of the molecule is CCOC(=O)CN(CCOC)CCC(=O)Nc1c(C)nn(-c2ccccc2)c1C. The molecule has 0 spiro atoms. The van der Waals surface area contributed by atoms with E-state index in [0.29, 0.717) is 32.0 Å². The Morgan fingerprint density at radius 2 is 1.90 bits per heavy atom. The summed E-state index contributed by atoms with van der Waals surface area (Å²) in [5.41, 5.74) is 3.27. The van der Waals surface area contributed by atoms with Crippen molar-refractivity contribution in [2.45, 2.75) is 27.2 Å². The first-order valence-electron chi connectivity index (χ1n) is 9.74. The van der Waals surface area contributed by atoms with Gasteiger partial charge in [0.05, 0.1) is 42.5 Å². The van der Waals surface area contributed by atoms with Gasteiger partial charge in [0.25, 0.3) is 0 Å². The fourth-order valence-corrected chi connectivity index (χ4v) is 2.99. The fourth-order valence-electron chi connectivity index (χ4n) is 2.99. The third-order valence-electron chi connectivity index (χ3n) is 4.48. The first-order chi connectivity index (χ1) is 14.0. The Bertz CT molecular complexity index is 805. The molecule has 0 aliphatic heterocycles. The molecule has 0 saturated heterocycles. The Hall–Kier alpha value is -2.71. The van der Waals surface area contributed by atoms with Crippen LogP contribution in [0.3, 0.4) is 0 Å². The number of esters is 1. The lowest BCUT2D eigenvalue weighted by Crippen LogP contribution is -2.36. The summed E-state index contributed by atoms with van der Waals surface area (Å²) in [6.45, 7) is 7.48. The van der Waals surface area contributed by atoms with Crippen molar-refractivity contribution in [2.24, 2.45) is 0 Å². The Morgan fingerprint density at radius 1 is 1.17 bits per heavy atom. The second-order valence-corrected chi connectivity index (χ2v) is 6.67. The molecule has 0 saturated carbocycles. The van der Waals surface area contributed by atoms with Crippen molar-refractivity contribution in [1.82, 2.24) is 14.7 Å². The maximum atomic E-state index is 12.5. The van der Waals surface area contributed by atoms with Crippen molar-refractivity contribution >= 4 is 17.6 Å². The highest BCUT2D eigenvalue weighted by Gasteiger charge is 2.17. The zero-order valence-electron chi connectivity index (χ0n) is 17.6. The normalized spacial score (nSPS) is 10.9. The molecule has 1 aromatic heterocycles. The zero-order valence-corrected chi connectivity index (χ0v) is 17.6. The van der Waals surface area contributed by atoms with Crippen LogP contribution >= 0.6 is 0 Å². The van der Waals surface area contributed by atoms with Crippen LogP contribution in [0.25, 0.3) is 5.69 Å². The number of ether oxygens (including phenoxy) is 2. The molecule has 2 aromatic rings. The highest BCUT2D eigenvalue weighted by Crippen LogP contribution is 2.22. The summed E-state index contributed by atoms with van der Waals surface area (Å²) >= 11 is 0. The number of nitrogens with zero attached hydrogens (tertiary/aromatic N) is 3. The van der Waals surface area contributed by atoms with Crippen molar-refractivity contribution in [3.63, 3.8) is 0 Å². The number of aryl methyl sites for hydroxylation is 1. The van der Waals surface area contributed by atoms with E-state index in [1.165, 1.54) is 0 Å². The largest absolute Gasteiger partial charge is 0.465 e. The van der Waals surface area contributed by atoms with Gasteiger partial charge in [0, 0.05) is 26.6 Å². The first kappa shape index (κ1) is 22.6. The molecule has 29 heavy (non-hydrogen) atoms. The number of hydrogen-bond acceptors (Lipinski definition) is 6. The fraction of sp³-hybridized carbons (Fsp3) is 0.476. The van der Waals surface area contributed by atoms with Gasteiger partial charge in [-0.2, -0.15) is 5.10 Å². The van der Waals surface area contributed by atoms with E-state index in [1.54, 1.807) is 14.0 Å². The molecule has 0 bridgehead atoms. The van der Waals surface area contributed by atoms with Crippen molar-refractivity contribution < 1.29 is 19.1 Å². The molecule has 1 aromatic carbocycles. The van der Waals surface area contributed by atoms with Gasteiger partial charge < -0.3 is 14.8 Å². The van der Waals surface area contributed by atoms with Gasteiger partial charge in [-0.3, -0.25) is 14.5 Å². The summed E-state index contributed by atoms with van der Waals surface area (Å²) in [5.74, 6) is -0.435. The van der Waals surface area contributed by atoms with Gasteiger partial charge in [-0.15, -0.1) is 0 Å². The summed E-state index contributed by atoms with van der Waals surface area (Å²) in [5, 5.41) is 7.51. The number of carbonyl (C=O) groups is 2. The van der Waals surface area contributed by atoms with Crippen LogP contribution in [0.1, 0.15) is 24.7 Å². The number of anilines is 1. The van der Waals surface area contributed by atoms with Gasteiger partial charge in [0.2, 0.25) is 5.91 Å². The summed E-state index contributed by atoms with van der Waals surface area (Å²) in [6.07, 6.45) is 0.249. The van der Waals surface area contributed by atoms with Crippen LogP contribution in [0, 0.1) is 13.8 Å². The van der Waals surface area contributed by atoms with Crippen molar-refractivity contribution in [3.05, 3.63) is 41.7 Å². The first-order valence-corrected chi connectivity index (χ1v) is 9.74. The number of benzene rings is 1. The van der Waals surface area contributed by atoms with Crippen molar-refractivity contribution in [3.8, 4) is 5.69 Å². The average molecular weight is 402 g/mol. The Balaban J connectivity index is 1.98. The molecule has 1 heterocycles. The monoisotopic (exact) mass is 402 g/mol. The van der Waals surface area contributed by atoms with E-state index in [0.717, 1.165) is 17.1 Å². The molecule has 8 nitrogen and oxygen atoms in total. The van der Waals surface area contributed by atoms with E-state index in [9.17, 15) is 9.59 Å². The lowest BCUT2D eigenvalue weighted by molar-refractivity contribution is -0.144. The molecule has 1 amide bonds. The molecule has 8 heteroatoms. The van der Waals surface area contributed by atoms with E-state index >= 15 is 0 Å². The minimum atomic E-state index is -0.306. The summed E-state index contributed by atoms with van der Waals surface area (Å²) < 4.78 is 11.9. The van der Waals surface area contributed by atoms with Crippen LogP contribution in [0.5, 0.6) is 0 Å². The van der Waals surface area contributed by atoms with Gasteiger partial charge in [-0.1, -0.05) is 18.2 Å². The van der Waals surface area contributed by atoms with Crippen LogP contribution in [0.2, 0.25) is 0 Å². The van der Waals surface area contributed by atoms with E-state index in [-0.39, 0.29) is 24.8 Å². The molecule has 0 aliphatic carbocycles. The van der Waals surface area contributed by atoms with Gasteiger partial charge in [-0.05, 0) is 32.9 Å². The molecule has 0 unspecified atom stereocenters.